The van der Waals surface area contributed by atoms with Gasteiger partial charge in [0.15, 0.2) is 5.76 Å². The average molecular weight is 396 g/mol. The molecule has 30 heavy (non-hydrogen) atoms. The van der Waals surface area contributed by atoms with Gasteiger partial charge in [0.05, 0.1) is 6.26 Å². The Morgan fingerprint density at radius 1 is 0.867 bits per heavy atom. The van der Waals surface area contributed by atoms with Gasteiger partial charge in [-0.15, -0.1) is 0 Å². The first-order valence-corrected chi connectivity index (χ1v) is 9.52. The van der Waals surface area contributed by atoms with E-state index in [0.717, 1.165) is 21.9 Å². The molecule has 5 heteroatoms. The molecule has 0 saturated heterocycles. The number of fused-ring (bicyclic) bond motifs is 1. The fraction of sp³-hybridized carbons (Fsp3) is 0.0400. The van der Waals surface area contributed by atoms with Gasteiger partial charge in [0.2, 0.25) is 0 Å². The highest BCUT2D eigenvalue weighted by molar-refractivity contribution is 6.11. The van der Waals surface area contributed by atoms with Gasteiger partial charge in [0, 0.05) is 5.69 Å². The molecule has 4 rings (SSSR count). The molecular formula is C25H20N2O3. The van der Waals surface area contributed by atoms with Crippen molar-refractivity contribution in [3.63, 3.8) is 0 Å². The first-order valence-electron chi connectivity index (χ1n) is 9.52. The zero-order chi connectivity index (χ0) is 20.9. The Morgan fingerprint density at radius 3 is 2.40 bits per heavy atom. The molecule has 0 aliphatic carbocycles. The van der Waals surface area contributed by atoms with Crippen molar-refractivity contribution in [3.8, 4) is 0 Å². The van der Waals surface area contributed by atoms with Crippen molar-refractivity contribution in [1.29, 1.82) is 0 Å². The minimum atomic E-state index is -0.495. The quantitative estimate of drug-likeness (QED) is 0.458. The van der Waals surface area contributed by atoms with E-state index in [1.807, 2.05) is 73.7 Å². The zero-order valence-corrected chi connectivity index (χ0v) is 16.4. The van der Waals surface area contributed by atoms with Crippen molar-refractivity contribution in [1.82, 2.24) is 5.32 Å². The lowest BCUT2D eigenvalue weighted by Gasteiger charge is -2.11. The monoisotopic (exact) mass is 396 g/mol. The van der Waals surface area contributed by atoms with Crippen LogP contribution in [0.2, 0.25) is 0 Å². The average Bonchev–Trinajstić information content (AvgIpc) is 3.30. The highest BCUT2D eigenvalue weighted by atomic mass is 16.3. The maximum absolute atomic E-state index is 13.0. The molecule has 0 bridgehead atoms. The Kier molecular flexibility index (Phi) is 5.44. The molecule has 0 spiro atoms. The van der Waals surface area contributed by atoms with Crippen LogP contribution in [0.15, 0.2) is 95.2 Å². The number of hydrogen-bond acceptors (Lipinski definition) is 3. The van der Waals surface area contributed by atoms with Crippen LogP contribution < -0.4 is 10.6 Å². The Morgan fingerprint density at radius 2 is 1.63 bits per heavy atom. The molecule has 5 nitrogen and oxygen atoms in total. The summed E-state index contributed by atoms with van der Waals surface area (Å²) in [5.41, 5.74) is 2.67. The number of benzene rings is 3. The van der Waals surface area contributed by atoms with Crippen LogP contribution in [0.5, 0.6) is 0 Å². The molecule has 2 amide bonds. The van der Waals surface area contributed by atoms with Crippen molar-refractivity contribution in [2.45, 2.75) is 6.92 Å². The number of amides is 2. The van der Waals surface area contributed by atoms with E-state index in [0.29, 0.717) is 5.69 Å². The molecule has 0 unspecified atom stereocenters. The summed E-state index contributed by atoms with van der Waals surface area (Å²) in [6, 6.07) is 24.3. The van der Waals surface area contributed by atoms with Crippen LogP contribution in [0.3, 0.4) is 0 Å². The van der Waals surface area contributed by atoms with Crippen LogP contribution in [0.4, 0.5) is 5.69 Å². The molecule has 0 saturated carbocycles. The van der Waals surface area contributed by atoms with E-state index in [1.54, 1.807) is 18.2 Å². The maximum Gasteiger partial charge on any atom is 0.291 e. The SMILES string of the molecule is Cc1ccc(NC(=O)C(=Cc2cccc3ccccc23)NC(=O)c2ccco2)cc1. The van der Waals surface area contributed by atoms with E-state index >= 15 is 0 Å². The van der Waals surface area contributed by atoms with Crippen LogP contribution in [-0.4, -0.2) is 11.8 Å². The molecular weight excluding hydrogens is 376 g/mol. The fourth-order valence-corrected chi connectivity index (χ4v) is 3.12. The fourth-order valence-electron chi connectivity index (χ4n) is 3.12. The third-order valence-electron chi connectivity index (χ3n) is 4.67. The molecule has 1 heterocycles. The van der Waals surface area contributed by atoms with E-state index in [-0.39, 0.29) is 11.5 Å². The van der Waals surface area contributed by atoms with Crippen LogP contribution in [0, 0.1) is 6.92 Å². The smallest absolute Gasteiger partial charge is 0.291 e. The predicted molar refractivity (Wildman–Crippen MR) is 118 cm³/mol. The van der Waals surface area contributed by atoms with Gasteiger partial charge >= 0.3 is 0 Å². The van der Waals surface area contributed by atoms with Gasteiger partial charge in [-0.05, 0) is 53.6 Å². The highest BCUT2D eigenvalue weighted by Gasteiger charge is 2.17. The van der Waals surface area contributed by atoms with E-state index < -0.39 is 11.8 Å². The molecule has 0 fully saturated rings. The van der Waals surface area contributed by atoms with Gasteiger partial charge in [0.1, 0.15) is 5.70 Å². The van der Waals surface area contributed by atoms with Gasteiger partial charge < -0.3 is 15.1 Å². The van der Waals surface area contributed by atoms with E-state index in [4.69, 9.17) is 4.42 Å². The molecule has 0 aliphatic rings. The minimum absolute atomic E-state index is 0.119. The van der Waals surface area contributed by atoms with Crippen LogP contribution in [0.25, 0.3) is 16.8 Å². The molecule has 4 aromatic rings. The summed E-state index contributed by atoms with van der Waals surface area (Å²) < 4.78 is 5.16. The van der Waals surface area contributed by atoms with E-state index in [9.17, 15) is 9.59 Å². The topological polar surface area (TPSA) is 71.3 Å². The summed E-state index contributed by atoms with van der Waals surface area (Å²) in [5, 5.41) is 7.54. The summed E-state index contributed by atoms with van der Waals surface area (Å²) >= 11 is 0. The number of rotatable bonds is 5. The van der Waals surface area contributed by atoms with Crippen LogP contribution in [0.1, 0.15) is 21.7 Å². The van der Waals surface area contributed by atoms with Gasteiger partial charge in [-0.25, -0.2) is 0 Å². The third-order valence-corrected chi connectivity index (χ3v) is 4.67. The number of carbonyl (C=O) groups excluding carboxylic acids is 2. The highest BCUT2D eigenvalue weighted by Crippen LogP contribution is 2.21. The van der Waals surface area contributed by atoms with Crippen molar-refractivity contribution in [2.24, 2.45) is 0 Å². The molecule has 1 aromatic heterocycles. The Hall–Kier alpha value is -4.12. The summed E-state index contributed by atoms with van der Waals surface area (Å²) in [7, 11) is 0. The minimum Gasteiger partial charge on any atom is -0.459 e. The zero-order valence-electron chi connectivity index (χ0n) is 16.4. The standard InChI is InChI=1S/C25H20N2O3/c1-17-11-13-20(14-12-17)26-24(28)22(27-25(29)23-10-5-15-30-23)16-19-8-4-7-18-6-2-3-9-21(18)19/h2-16H,1H3,(H,26,28)(H,27,29). The Labute approximate surface area is 174 Å². The van der Waals surface area contributed by atoms with Crippen molar-refractivity contribution >= 4 is 34.4 Å². The van der Waals surface area contributed by atoms with Crippen molar-refractivity contribution in [2.75, 3.05) is 5.32 Å². The predicted octanol–water partition coefficient (Wildman–Crippen LogP) is 5.15. The van der Waals surface area contributed by atoms with Gasteiger partial charge in [-0.1, -0.05) is 60.2 Å². The number of nitrogens with one attached hydrogen (secondary N) is 2. The summed E-state index contributed by atoms with van der Waals surface area (Å²) in [4.78, 5) is 25.6. The molecule has 0 radical (unpaired) electrons. The lowest BCUT2D eigenvalue weighted by atomic mass is 10.0. The number of aryl methyl sites for hydroxylation is 1. The van der Waals surface area contributed by atoms with E-state index in [2.05, 4.69) is 10.6 Å². The molecule has 0 aliphatic heterocycles. The summed E-state index contributed by atoms with van der Waals surface area (Å²) in [6.07, 6.45) is 3.09. The van der Waals surface area contributed by atoms with Crippen LogP contribution in [-0.2, 0) is 4.79 Å². The number of furan rings is 1. The molecule has 0 atom stereocenters. The summed E-state index contributed by atoms with van der Waals surface area (Å²) in [5.74, 6) is -0.792. The van der Waals surface area contributed by atoms with Gasteiger partial charge in [-0.2, -0.15) is 0 Å². The second kappa shape index (κ2) is 8.49. The Bertz CT molecular complexity index is 1220. The van der Waals surface area contributed by atoms with Crippen molar-refractivity contribution < 1.29 is 14.0 Å². The summed E-state index contributed by atoms with van der Waals surface area (Å²) in [6.45, 7) is 1.97. The number of hydrogen-bond donors (Lipinski definition) is 2. The second-order valence-electron chi connectivity index (χ2n) is 6.88. The molecule has 2 N–H and O–H groups in total. The first kappa shape index (κ1) is 19.2. The Balaban J connectivity index is 1.70. The molecule has 3 aromatic carbocycles. The van der Waals surface area contributed by atoms with Gasteiger partial charge in [0.25, 0.3) is 11.8 Å². The van der Waals surface area contributed by atoms with Crippen LogP contribution >= 0.6 is 0 Å². The van der Waals surface area contributed by atoms with Gasteiger partial charge in [-0.3, -0.25) is 9.59 Å². The number of carbonyl (C=O) groups is 2. The third kappa shape index (κ3) is 4.31. The second-order valence-corrected chi connectivity index (χ2v) is 6.88. The lowest BCUT2D eigenvalue weighted by molar-refractivity contribution is -0.113. The van der Waals surface area contributed by atoms with Crippen molar-refractivity contribution in [3.05, 3.63) is 108 Å². The number of anilines is 1. The van der Waals surface area contributed by atoms with E-state index in [1.165, 1.54) is 6.26 Å². The first-order chi connectivity index (χ1) is 14.6. The molecule has 148 valence electrons. The maximum atomic E-state index is 13.0. The normalized spacial score (nSPS) is 11.3. The lowest BCUT2D eigenvalue weighted by Crippen LogP contribution is -2.30. The largest absolute Gasteiger partial charge is 0.459 e.